The Kier molecular flexibility index (Phi) is 5.47. The van der Waals surface area contributed by atoms with Crippen LogP contribution in [0, 0.1) is 11.8 Å². The normalized spacial score (nSPS) is 23.9. The van der Waals surface area contributed by atoms with Crippen LogP contribution in [-0.2, 0) is 16.1 Å². The number of fused-ring (bicyclic) bond motifs is 1. The van der Waals surface area contributed by atoms with Crippen molar-refractivity contribution in [3.63, 3.8) is 0 Å². The zero-order chi connectivity index (χ0) is 18.0. The van der Waals surface area contributed by atoms with Gasteiger partial charge in [-0.3, -0.25) is 9.59 Å². The Morgan fingerprint density at radius 3 is 2.88 bits per heavy atom. The number of hydrogen-bond donors (Lipinski definition) is 0. The summed E-state index contributed by atoms with van der Waals surface area (Å²) in [4.78, 5) is 29.0. The van der Waals surface area contributed by atoms with Crippen LogP contribution in [0.5, 0.6) is 0 Å². The van der Waals surface area contributed by atoms with E-state index in [1.165, 1.54) is 0 Å². The molecule has 0 spiro atoms. The van der Waals surface area contributed by atoms with Gasteiger partial charge in [-0.1, -0.05) is 13.8 Å². The average molecular weight is 348 g/mol. The van der Waals surface area contributed by atoms with E-state index in [1.807, 2.05) is 4.90 Å². The predicted octanol–water partition coefficient (Wildman–Crippen LogP) is 2.54. The van der Waals surface area contributed by atoms with Gasteiger partial charge in [-0.2, -0.15) is 0 Å². The van der Waals surface area contributed by atoms with E-state index in [-0.39, 0.29) is 17.9 Å². The maximum atomic E-state index is 12.7. The number of carbonyl (C=O) groups excluding carboxylic acids is 2. The summed E-state index contributed by atoms with van der Waals surface area (Å²) < 4.78 is 10.6. The smallest absolute Gasteiger partial charge is 0.289 e. The highest BCUT2D eigenvalue weighted by molar-refractivity contribution is 5.91. The van der Waals surface area contributed by atoms with Gasteiger partial charge in [0.2, 0.25) is 5.91 Å². The first-order valence-corrected chi connectivity index (χ1v) is 9.16. The van der Waals surface area contributed by atoms with Crippen molar-refractivity contribution in [2.24, 2.45) is 11.8 Å². The minimum absolute atomic E-state index is 0.0619. The minimum Gasteiger partial charge on any atom is -0.453 e. The molecule has 2 amide bonds. The van der Waals surface area contributed by atoms with Gasteiger partial charge in [-0.15, -0.1) is 0 Å². The number of likely N-dealkylation sites (tertiary alicyclic amines) is 2. The average Bonchev–Trinajstić information content (AvgIpc) is 3.05. The van der Waals surface area contributed by atoms with Crippen molar-refractivity contribution in [1.82, 2.24) is 9.80 Å². The van der Waals surface area contributed by atoms with Gasteiger partial charge in [0.1, 0.15) is 12.4 Å². The van der Waals surface area contributed by atoms with E-state index < -0.39 is 0 Å². The topological polar surface area (TPSA) is 63.0 Å². The van der Waals surface area contributed by atoms with Crippen LogP contribution >= 0.6 is 0 Å². The van der Waals surface area contributed by atoms with E-state index in [9.17, 15) is 9.59 Å². The monoisotopic (exact) mass is 348 g/mol. The number of furan rings is 1. The summed E-state index contributed by atoms with van der Waals surface area (Å²) in [5.41, 5.74) is 0. The lowest BCUT2D eigenvalue weighted by molar-refractivity contribution is -0.141. The number of nitrogens with zero attached hydrogens (tertiary/aromatic N) is 2. The van der Waals surface area contributed by atoms with E-state index in [4.69, 9.17) is 9.15 Å². The molecule has 1 aromatic heterocycles. The Balaban J connectivity index is 1.66. The number of amides is 2. The molecule has 0 saturated carbocycles. The lowest BCUT2D eigenvalue weighted by Gasteiger charge is -2.47. The summed E-state index contributed by atoms with van der Waals surface area (Å²) in [5, 5.41) is 0. The van der Waals surface area contributed by atoms with Crippen molar-refractivity contribution in [2.75, 3.05) is 26.7 Å². The Hall–Kier alpha value is -1.82. The maximum absolute atomic E-state index is 12.7. The van der Waals surface area contributed by atoms with Gasteiger partial charge in [-0.05, 0) is 36.8 Å². The van der Waals surface area contributed by atoms with E-state index in [0.29, 0.717) is 49.5 Å². The number of hydrogen-bond acceptors (Lipinski definition) is 4. The van der Waals surface area contributed by atoms with Crippen LogP contribution in [0.3, 0.4) is 0 Å². The summed E-state index contributed by atoms with van der Waals surface area (Å²) in [6.07, 6.45) is 2.31. The number of rotatable bonds is 5. The first kappa shape index (κ1) is 18.0. The molecule has 0 aliphatic carbocycles. The van der Waals surface area contributed by atoms with Crippen molar-refractivity contribution in [1.29, 1.82) is 0 Å². The molecule has 2 fully saturated rings. The highest BCUT2D eigenvalue weighted by atomic mass is 16.5. The molecule has 138 valence electrons. The second-order valence-electron chi connectivity index (χ2n) is 7.54. The largest absolute Gasteiger partial charge is 0.453 e. The molecule has 6 heteroatoms. The van der Waals surface area contributed by atoms with Gasteiger partial charge in [0.25, 0.3) is 5.91 Å². The van der Waals surface area contributed by atoms with Crippen LogP contribution in [0.2, 0.25) is 0 Å². The third-order valence-electron chi connectivity index (χ3n) is 5.15. The zero-order valence-electron chi connectivity index (χ0n) is 15.4. The van der Waals surface area contributed by atoms with Gasteiger partial charge in [0.05, 0.1) is 0 Å². The molecule has 0 bridgehead atoms. The highest BCUT2D eigenvalue weighted by Crippen LogP contribution is 2.32. The standard InChI is InChI=1S/C19H28N2O4/c1-13(2)10-21-16-8-9-20(11-14(16)4-7-18(21)22)19(23)17-6-5-15(25-17)12-24-3/h5-6,13-14,16H,4,7-12H2,1-3H3/t14-,16+/m0/s1. The Labute approximate surface area is 149 Å². The molecule has 2 aliphatic heterocycles. The summed E-state index contributed by atoms with van der Waals surface area (Å²) in [6, 6.07) is 3.78. The van der Waals surface area contributed by atoms with Crippen LogP contribution in [0.1, 0.15) is 49.4 Å². The molecule has 6 nitrogen and oxygen atoms in total. The SMILES string of the molecule is COCc1ccc(C(=O)N2CC[C@@H]3[C@@H](CCC(=O)N3CC(C)C)C2)o1. The molecule has 2 aliphatic rings. The van der Waals surface area contributed by atoms with Gasteiger partial charge in [0.15, 0.2) is 5.76 Å². The third kappa shape index (κ3) is 3.89. The summed E-state index contributed by atoms with van der Waals surface area (Å²) in [6.45, 7) is 6.83. The first-order valence-electron chi connectivity index (χ1n) is 9.16. The highest BCUT2D eigenvalue weighted by Gasteiger charge is 2.40. The molecule has 3 rings (SSSR count). The second kappa shape index (κ2) is 7.60. The lowest BCUT2D eigenvalue weighted by atomic mass is 9.83. The molecule has 0 radical (unpaired) electrons. The minimum atomic E-state index is -0.0619. The van der Waals surface area contributed by atoms with Crippen LogP contribution in [0.25, 0.3) is 0 Å². The summed E-state index contributed by atoms with van der Waals surface area (Å²) in [7, 11) is 1.60. The molecule has 25 heavy (non-hydrogen) atoms. The van der Waals surface area contributed by atoms with Crippen molar-refractivity contribution in [3.05, 3.63) is 23.7 Å². The van der Waals surface area contributed by atoms with Crippen LogP contribution < -0.4 is 0 Å². The molecule has 3 heterocycles. The predicted molar refractivity (Wildman–Crippen MR) is 93.0 cm³/mol. The van der Waals surface area contributed by atoms with Crippen molar-refractivity contribution < 1.29 is 18.7 Å². The Bertz CT molecular complexity index is 625. The Morgan fingerprint density at radius 1 is 1.36 bits per heavy atom. The summed E-state index contributed by atoms with van der Waals surface area (Å²) in [5.74, 6) is 2.06. The molecule has 0 unspecified atom stereocenters. The number of ether oxygens (including phenoxy) is 1. The third-order valence-corrected chi connectivity index (χ3v) is 5.15. The van der Waals surface area contributed by atoms with Gasteiger partial charge in [0, 0.05) is 39.2 Å². The Morgan fingerprint density at radius 2 is 2.16 bits per heavy atom. The van der Waals surface area contributed by atoms with Crippen molar-refractivity contribution >= 4 is 11.8 Å². The molecular formula is C19H28N2O4. The molecule has 0 aromatic carbocycles. The first-order chi connectivity index (χ1) is 12.0. The lowest BCUT2D eigenvalue weighted by Crippen LogP contribution is -2.57. The summed E-state index contributed by atoms with van der Waals surface area (Å²) >= 11 is 0. The van der Waals surface area contributed by atoms with E-state index in [1.54, 1.807) is 19.2 Å². The van der Waals surface area contributed by atoms with Crippen molar-refractivity contribution in [3.8, 4) is 0 Å². The van der Waals surface area contributed by atoms with E-state index in [2.05, 4.69) is 18.7 Å². The van der Waals surface area contributed by atoms with Crippen LogP contribution in [-0.4, -0.2) is 54.4 Å². The fourth-order valence-electron chi connectivity index (χ4n) is 4.03. The fourth-order valence-corrected chi connectivity index (χ4v) is 4.03. The zero-order valence-corrected chi connectivity index (χ0v) is 15.4. The number of piperidine rings is 2. The van der Waals surface area contributed by atoms with Crippen LogP contribution in [0.15, 0.2) is 16.5 Å². The van der Waals surface area contributed by atoms with E-state index in [0.717, 1.165) is 19.4 Å². The maximum Gasteiger partial charge on any atom is 0.289 e. The van der Waals surface area contributed by atoms with Crippen molar-refractivity contribution in [2.45, 2.75) is 45.8 Å². The molecule has 2 saturated heterocycles. The van der Waals surface area contributed by atoms with Gasteiger partial charge < -0.3 is 19.0 Å². The van der Waals surface area contributed by atoms with E-state index >= 15 is 0 Å². The van der Waals surface area contributed by atoms with Gasteiger partial charge in [-0.25, -0.2) is 0 Å². The molecule has 2 atom stereocenters. The van der Waals surface area contributed by atoms with Gasteiger partial charge >= 0.3 is 0 Å². The quantitative estimate of drug-likeness (QED) is 0.820. The molecular weight excluding hydrogens is 320 g/mol. The molecule has 0 N–H and O–H groups in total. The molecule has 1 aromatic rings. The van der Waals surface area contributed by atoms with Crippen LogP contribution in [0.4, 0.5) is 0 Å². The number of carbonyl (C=O) groups is 2. The second-order valence-corrected chi connectivity index (χ2v) is 7.54. The number of methoxy groups -OCH3 is 1. The fraction of sp³-hybridized carbons (Fsp3) is 0.684.